The van der Waals surface area contributed by atoms with Crippen molar-refractivity contribution in [2.24, 2.45) is 0 Å². The minimum Gasteiger partial charge on any atom is -0.379 e. The number of likely N-dealkylation sites (tertiary alicyclic amines) is 1. The quantitative estimate of drug-likeness (QED) is 0.867. The summed E-state index contributed by atoms with van der Waals surface area (Å²) in [7, 11) is 3.65. The third kappa shape index (κ3) is 2.88. The molecule has 2 rings (SSSR count). The lowest BCUT2D eigenvalue weighted by Crippen LogP contribution is -2.56. The second-order valence-electron chi connectivity index (χ2n) is 4.96. The van der Waals surface area contributed by atoms with Gasteiger partial charge >= 0.3 is 0 Å². The maximum Gasteiger partial charge on any atom is 0.255 e. The minimum atomic E-state index is -1.24. The summed E-state index contributed by atoms with van der Waals surface area (Å²) in [5.41, 5.74) is -1.24. The van der Waals surface area contributed by atoms with E-state index in [4.69, 9.17) is 0 Å². The van der Waals surface area contributed by atoms with Crippen LogP contribution in [-0.4, -0.2) is 58.6 Å². The Morgan fingerprint density at radius 1 is 1.67 bits per heavy atom. The lowest BCUT2D eigenvalue weighted by Gasteiger charge is -2.38. The predicted molar refractivity (Wildman–Crippen MR) is 70.3 cm³/mol. The number of thiazole rings is 1. The summed E-state index contributed by atoms with van der Waals surface area (Å²) in [6.07, 6.45) is 3.16. The second kappa shape index (κ2) is 5.34. The molecule has 1 N–H and O–H groups in total. The van der Waals surface area contributed by atoms with E-state index in [0.717, 1.165) is 18.0 Å². The first-order valence-electron chi connectivity index (χ1n) is 6.06. The Morgan fingerprint density at radius 2 is 2.44 bits per heavy atom. The summed E-state index contributed by atoms with van der Waals surface area (Å²) in [6, 6.07) is 0. The molecule has 1 amide bonds. The molecule has 1 fully saturated rings. The number of piperidine rings is 1. The number of likely N-dealkylation sites (N-methyl/N-ethyl adjacent to an activating group) is 2. The Kier molecular flexibility index (Phi) is 3.99. The van der Waals surface area contributed by atoms with Crippen LogP contribution in [-0.2, 0) is 11.3 Å². The zero-order valence-corrected chi connectivity index (χ0v) is 11.6. The average molecular weight is 269 g/mol. The molecule has 0 aliphatic carbocycles. The van der Waals surface area contributed by atoms with Crippen LogP contribution in [0.15, 0.2) is 11.6 Å². The van der Waals surface area contributed by atoms with Gasteiger partial charge in [-0.15, -0.1) is 11.3 Å². The molecule has 1 atom stereocenters. The first kappa shape index (κ1) is 13.5. The Morgan fingerprint density at radius 3 is 3.11 bits per heavy atom. The van der Waals surface area contributed by atoms with Crippen molar-refractivity contribution in [2.75, 3.05) is 27.2 Å². The van der Waals surface area contributed by atoms with Crippen molar-refractivity contribution < 1.29 is 9.90 Å². The van der Waals surface area contributed by atoms with Gasteiger partial charge in [0.15, 0.2) is 5.60 Å². The van der Waals surface area contributed by atoms with Gasteiger partial charge in [0.2, 0.25) is 0 Å². The highest BCUT2D eigenvalue weighted by Gasteiger charge is 2.41. The summed E-state index contributed by atoms with van der Waals surface area (Å²) in [5.74, 6) is -0.167. The maximum absolute atomic E-state index is 12.0. The van der Waals surface area contributed by atoms with Crippen molar-refractivity contribution in [2.45, 2.75) is 25.0 Å². The molecule has 2 heterocycles. The van der Waals surface area contributed by atoms with Crippen LogP contribution in [0.5, 0.6) is 0 Å². The van der Waals surface area contributed by atoms with Crippen LogP contribution in [0.1, 0.15) is 17.8 Å². The van der Waals surface area contributed by atoms with Gasteiger partial charge in [0.1, 0.15) is 5.01 Å². The van der Waals surface area contributed by atoms with Crippen LogP contribution < -0.4 is 0 Å². The average Bonchev–Trinajstić information content (AvgIpc) is 2.78. The molecule has 5 nitrogen and oxygen atoms in total. The van der Waals surface area contributed by atoms with E-state index in [-0.39, 0.29) is 5.91 Å². The number of hydrogen-bond donors (Lipinski definition) is 1. The molecule has 6 heteroatoms. The number of aromatic nitrogens is 1. The molecule has 1 aromatic rings. The lowest BCUT2D eigenvalue weighted by molar-refractivity contribution is -0.157. The third-order valence-corrected chi connectivity index (χ3v) is 4.01. The van der Waals surface area contributed by atoms with E-state index in [1.165, 1.54) is 0 Å². The lowest BCUT2D eigenvalue weighted by atomic mass is 9.91. The second-order valence-corrected chi connectivity index (χ2v) is 5.94. The fraction of sp³-hybridized carbons (Fsp3) is 0.667. The molecule has 100 valence electrons. The van der Waals surface area contributed by atoms with Crippen molar-refractivity contribution in [3.63, 3.8) is 0 Å². The zero-order chi connectivity index (χ0) is 13.2. The topological polar surface area (TPSA) is 56.7 Å². The van der Waals surface area contributed by atoms with Crippen molar-refractivity contribution in [3.05, 3.63) is 16.6 Å². The maximum atomic E-state index is 12.0. The summed E-state index contributed by atoms with van der Waals surface area (Å²) >= 11 is 1.58. The predicted octanol–water partition coefficient (Wildman–Crippen LogP) is 0.558. The molecular formula is C12H19N3O2S. The van der Waals surface area contributed by atoms with Crippen molar-refractivity contribution >= 4 is 17.2 Å². The van der Waals surface area contributed by atoms with Crippen LogP contribution in [0.25, 0.3) is 0 Å². The van der Waals surface area contributed by atoms with E-state index in [1.807, 2.05) is 17.3 Å². The Hall–Kier alpha value is -0.980. The van der Waals surface area contributed by atoms with Gasteiger partial charge in [-0.25, -0.2) is 4.98 Å². The Balaban J connectivity index is 1.96. The number of carbonyl (C=O) groups excluding carboxylic acids is 1. The summed E-state index contributed by atoms with van der Waals surface area (Å²) in [5, 5.41) is 13.4. The molecule has 0 aromatic carbocycles. The summed E-state index contributed by atoms with van der Waals surface area (Å²) < 4.78 is 0. The van der Waals surface area contributed by atoms with Gasteiger partial charge in [0, 0.05) is 31.7 Å². The molecule has 0 unspecified atom stereocenters. The van der Waals surface area contributed by atoms with E-state index >= 15 is 0 Å². The Bertz CT molecular complexity index is 409. The van der Waals surface area contributed by atoms with Gasteiger partial charge in [0.05, 0.1) is 6.54 Å². The molecule has 18 heavy (non-hydrogen) atoms. The van der Waals surface area contributed by atoms with E-state index in [2.05, 4.69) is 4.98 Å². The van der Waals surface area contributed by atoms with Crippen LogP contribution in [0.4, 0.5) is 0 Å². The fourth-order valence-corrected chi connectivity index (χ4v) is 3.08. The molecule has 0 radical (unpaired) electrons. The monoisotopic (exact) mass is 269 g/mol. The van der Waals surface area contributed by atoms with Gasteiger partial charge in [-0.05, 0) is 19.9 Å². The molecule has 1 aliphatic rings. The highest BCUT2D eigenvalue weighted by atomic mass is 32.1. The van der Waals surface area contributed by atoms with Gasteiger partial charge in [-0.3, -0.25) is 9.69 Å². The van der Waals surface area contributed by atoms with Crippen molar-refractivity contribution in [1.29, 1.82) is 0 Å². The van der Waals surface area contributed by atoms with Crippen LogP contribution in [0, 0.1) is 0 Å². The van der Waals surface area contributed by atoms with E-state index in [0.29, 0.717) is 19.5 Å². The molecule has 1 aliphatic heterocycles. The van der Waals surface area contributed by atoms with Gasteiger partial charge in [-0.2, -0.15) is 0 Å². The molecular weight excluding hydrogens is 250 g/mol. The highest BCUT2D eigenvalue weighted by molar-refractivity contribution is 7.09. The van der Waals surface area contributed by atoms with Crippen LogP contribution in [0.2, 0.25) is 0 Å². The van der Waals surface area contributed by atoms with Crippen molar-refractivity contribution in [3.8, 4) is 0 Å². The molecule has 0 spiro atoms. The smallest absolute Gasteiger partial charge is 0.255 e. The number of aliphatic hydroxyl groups is 1. The van der Waals surface area contributed by atoms with Crippen LogP contribution >= 0.6 is 11.3 Å². The SMILES string of the molecule is CN(Cc1nccs1)C[C@]1(O)CCCN(C)C1=O. The largest absolute Gasteiger partial charge is 0.379 e. The molecule has 0 bridgehead atoms. The van der Waals surface area contributed by atoms with Crippen molar-refractivity contribution in [1.82, 2.24) is 14.8 Å². The van der Waals surface area contributed by atoms with E-state index < -0.39 is 5.60 Å². The fourth-order valence-electron chi connectivity index (χ4n) is 2.38. The summed E-state index contributed by atoms with van der Waals surface area (Å²) in [6.45, 7) is 1.75. The normalized spacial score (nSPS) is 24.9. The van der Waals surface area contributed by atoms with E-state index in [9.17, 15) is 9.90 Å². The third-order valence-electron chi connectivity index (χ3n) is 3.25. The van der Waals surface area contributed by atoms with Gasteiger partial charge in [-0.1, -0.05) is 0 Å². The number of nitrogens with zero attached hydrogens (tertiary/aromatic N) is 3. The minimum absolute atomic E-state index is 0.167. The standard InChI is InChI=1S/C12H19N3O2S/c1-14(8-10-13-5-7-18-10)9-12(17)4-3-6-15(2)11(12)16/h5,7,17H,3-4,6,8-9H2,1-2H3/t12-/m1/s1. The summed E-state index contributed by atoms with van der Waals surface area (Å²) in [4.78, 5) is 19.8. The molecule has 0 saturated carbocycles. The first-order chi connectivity index (χ1) is 8.51. The van der Waals surface area contributed by atoms with Gasteiger partial charge in [0.25, 0.3) is 5.91 Å². The first-order valence-corrected chi connectivity index (χ1v) is 6.94. The van der Waals surface area contributed by atoms with Gasteiger partial charge < -0.3 is 10.0 Å². The zero-order valence-electron chi connectivity index (χ0n) is 10.8. The number of carbonyl (C=O) groups is 1. The highest BCUT2D eigenvalue weighted by Crippen LogP contribution is 2.23. The Labute approximate surface area is 111 Å². The molecule has 1 aromatic heterocycles. The van der Waals surface area contributed by atoms with Crippen LogP contribution in [0.3, 0.4) is 0 Å². The number of amides is 1. The molecule has 1 saturated heterocycles. The number of rotatable bonds is 4. The van der Waals surface area contributed by atoms with E-state index in [1.54, 1.807) is 29.5 Å². The number of hydrogen-bond acceptors (Lipinski definition) is 5.